The highest BCUT2D eigenvalue weighted by molar-refractivity contribution is 8.18. The van der Waals surface area contributed by atoms with Crippen LogP contribution in [-0.4, -0.2) is 18.3 Å². The molecule has 1 fully saturated rings. The van der Waals surface area contributed by atoms with Gasteiger partial charge in [0.1, 0.15) is 6.61 Å². The number of halogens is 1. The first-order chi connectivity index (χ1) is 12.0. The molecule has 2 amide bonds. The van der Waals surface area contributed by atoms with Crippen molar-refractivity contribution in [2.45, 2.75) is 6.61 Å². The zero-order valence-electron chi connectivity index (χ0n) is 13.2. The third kappa shape index (κ3) is 4.35. The van der Waals surface area contributed by atoms with Gasteiger partial charge in [-0.05, 0) is 53.2 Å². The summed E-state index contributed by atoms with van der Waals surface area (Å²) in [5, 5.41) is 2.52. The minimum atomic E-state index is -0.394. The Kier molecular flexibility index (Phi) is 5.31. The molecule has 25 heavy (non-hydrogen) atoms. The van der Waals surface area contributed by atoms with E-state index < -0.39 is 5.91 Å². The lowest BCUT2D eigenvalue weighted by molar-refractivity contribution is -0.115. The quantitative estimate of drug-likeness (QED) is 0.791. The summed E-state index contributed by atoms with van der Waals surface area (Å²) in [5.41, 5.74) is 1.70. The second-order valence-corrected chi connectivity index (χ2v) is 6.63. The summed E-state index contributed by atoms with van der Waals surface area (Å²) in [6, 6.07) is 12.7. The van der Waals surface area contributed by atoms with Crippen molar-refractivity contribution < 1.29 is 19.1 Å². The molecule has 1 saturated heterocycles. The van der Waals surface area contributed by atoms with Crippen LogP contribution in [0.3, 0.4) is 0 Å². The third-order valence-electron chi connectivity index (χ3n) is 3.44. The number of benzene rings is 2. The lowest BCUT2D eigenvalue weighted by atomic mass is 10.2. The lowest BCUT2D eigenvalue weighted by Gasteiger charge is -2.12. The molecule has 128 valence electrons. The van der Waals surface area contributed by atoms with Crippen molar-refractivity contribution in [3.05, 3.63) is 63.5 Å². The van der Waals surface area contributed by atoms with Gasteiger partial charge in [0.2, 0.25) is 0 Å². The van der Waals surface area contributed by atoms with E-state index in [4.69, 9.17) is 21.1 Å². The summed E-state index contributed by atoms with van der Waals surface area (Å²) in [6.45, 7) is 0.348. The van der Waals surface area contributed by atoms with Crippen molar-refractivity contribution in [1.82, 2.24) is 5.32 Å². The summed E-state index contributed by atoms with van der Waals surface area (Å²) in [4.78, 5) is 23.2. The van der Waals surface area contributed by atoms with Gasteiger partial charge in [0.15, 0.2) is 11.5 Å². The van der Waals surface area contributed by atoms with E-state index in [2.05, 4.69) is 5.32 Å². The number of ether oxygens (including phenoxy) is 2. The minimum Gasteiger partial charge on any atom is -0.493 e. The summed E-state index contributed by atoms with van der Waals surface area (Å²) in [6.07, 6.45) is 1.64. The van der Waals surface area contributed by atoms with Gasteiger partial charge in [0, 0.05) is 5.02 Å². The molecule has 0 aromatic heterocycles. The number of thioether (sulfide) groups is 1. The molecule has 0 unspecified atom stereocenters. The average molecular weight is 376 g/mol. The molecule has 2 aromatic carbocycles. The van der Waals surface area contributed by atoms with E-state index in [9.17, 15) is 9.59 Å². The van der Waals surface area contributed by atoms with Crippen molar-refractivity contribution in [1.29, 1.82) is 0 Å². The van der Waals surface area contributed by atoms with E-state index in [-0.39, 0.29) is 5.24 Å². The van der Waals surface area contributed by atoms with Crippen LogP contribution in [0.4, 0.5) is 4.79 Å². The topological polar surface area (TPSA) is 64.6 Å². The molecule has 0 aliphatic carbocycles. The van der Waals surface area contributed by atoms with Crippen LogP contribution in [0.2, 0.25) is 5.02 Å². The van der Waals surface area contributed by atoms with Gasteiger partial charge in [-0.1, -0.05) is 29.8 Å². The molecule has 7 heteroatoms. The number of methoxy groups -OCH3 is 1. The molecule has 1 N–H and O–H groups in total. The molecule has 3 rings (SSSR count). The summed E-state index contributed by atoms with van der Waals surface area (Å²) in [5.74, 6) is 0.728. The first kappa shape index (κ1) is 17.4. The van der Waals surface area contributed by atoms with Crippen LogP contribution in [-0.2, 0) is 11.4 Å². The van der Waals surface area contributed by atoms with Gasteiger partial charge < -0.3 is 9.47 Å². The maximum atomic E-state index is 11.6. The highest BCUT2D eigenvalue weighted by Gasteiger charge is 2.25. The third-order valence-corrected chi connectivity index (χ3v) is 4.50. The molecule has 0 bridgehead atoms. The molecule has 5 nitrogen and oxygen atoms in total. The maximum absolute atomic E-state index is 11.6. The lowest BCUT2D eigenvalue weighted by Crippen LogP contribution is -2.17. The molecule has 0 saturated carbocycles. The SMILES string of the molecule is COc1ccc(C=C2SC(=O)NC2=O)cc1OCc1ccc(Cl)cc1. The number of carbonyl (C=O) groups is 2. The van der Waals surface area contributed by atoms with Gasteiger partial charge in [0.05, 0.1) is 12.0 Å². The Morgan fingerprint density at radius 3 is 2.52 bits per heavy atom. The first-order valence-electron chi connectivity index (χ1n) is 7.35. The van der Waals surface area contributed by atoms with Crippen LogP contribution in [0.15, 0.2) is 47.4 Å². The number of carbonyl (C=O) groups excluding carboxylic acids is 2. The molecule has 0 spiro atoms. The van der Waals surface area contributed by atoms with Gasteiger partial charge >= 0.3 is 0 Å². The van der Waals surface area contributed by atoms with Crippen LogP contribution in [0, 0.1) is 0 Å². The fraction of sp³-hybridized carbons (Fsp3) is 0.111. The Bertz CT molecular complexity index is 849. The summed E-state index contributed by atoms with van der Waals surface area (Å²) >= 11 is 6.75. The van der Waals surface area contributed by atoms with Crippen molar-refractivity contribution in [3.63, 3.8) is 0 Å². The van der Waals surface area contributed by atoms with Crippen molar-refractivity contribution in [2.24, 2.45) is 0 Å². The van der Waals surface area contributed by atoms with Crippen molar-refractivity contribution >= 4 is 40.6 Å². The molecular formula is C18H14ClNO4S. The number of rotatable bonds is 5. The molecule has 1 heterocycles. The van der Waals surface area contributed by atoms with Gasteiger partial charge in [-0.2, -0.15) is 0 Å². The normalized spacial score (nSPS) is 15.4. The first-order valence-corrected chi connectivity index (χ1v) is 8.55. The number of nitrogens with one attached hydrogen (secondary N) is 1. The summed E-state index contributed by atoms with van der Waals surface area (Å²) < 4.78 is 11.1. The summed E-state index contributed by atoms with van der Waals surface area (Å²) in [7, 11) is 1.56. The number of hydrogen-bond donors (Lipinski definition) is 1. The van der Waals surface area contributed by atoms with Crippen LogP contribution in [0.5, 0.6) is 11.5 Å². The maximum Gasteiger partial charge on any atom is 0.290 e. The second-order valence-electron chi connectivity index (χ2n) is 5.18. The van der Waals surface area contributed by atoms with Crippen LogP contribution < -0.4 is 14.8 Å². The van der Waals surface area contributed by atoms with Crippen molar-refractivity contribution in [3.8, 4) is 11.5 Å². The average Bonchev–Trinajstić information content (AvgIpc) is 2.92. The van der Waals surface area contributed by atoms with Crippen LogP contribution >= 0.6 is 23.4 Å². The highest BCUT2D eigenvalue weighted by atomic mass is 35.5. The minimum absolute atomic E-state index is 0.346. The molecule has 1 aliphatic heterocycles. The van der Waals surface area contributed by atoms with Gasteiger partial charge in [-0.15, -0.1) is 0 Å². The molecule has 0 atom stereocenters. The monoisotopic (exact) mass is 375 g/mol. The van der Waals surface area contributed by atoms with E-state index in [1.54, 1.807) is 43.5 Å². The van der Waals surface area contributed by atoms with E-state index in [0.29, 0.717) is 28.0 Å². The van der Waals surface area contributed by atoms with Crippen LogP contribution in [0.1, 0.15) is 11.1 Å². The fourth-order valence-corrected chi connectivity index (χ4v) is 3.02. The fourth-order valence-electron chi connectivity index (χ4n) is 2.21. The van der Waals surface area contributed by atoms with E-state index in [0.717, 1.165) is 22.9 Å². The van der Waals surface area contributed by atoms with Gasteiger partial charge in [-0.3, -0.25) is 14.9 Å². The Hall–Kier alpha value is -2.44. The van der Waals surface area contributed by atoms with E-state index in [1.165, 1.54) is 0 Å². The molecular weight excluding hydrogens is 362 g/mol. The predicted molar refractivity (Wildman–Crippen MR) is 97.9 cm³/mol. The molecule has 2 aromatic rings. The van der Waals surface area contributed by atoms with Crippen molar-refractivity contribution in [2.75, 3.05) is 7.11 Å². The largest absolute Gasteiger partial charge is 0.493 e. The van der Waals surface area contributed by atoms with Crippen LogP contribution in [0.25, 0.3) is 6.08 Å². The standard InChI is InChI=1S/C18H14ClNO4S/c1-23-14-7-4-12(9-16-17(21)20-18(22)25-16)8-15(14)24-10-11-2-5-13(19)6-3-11/h2-9H,10H2,1H3,(H,20,21,22). The van der Waals surface area contributed by atoms with E-state index in [1.807, 2.05) is 12.1 Å². The number of hydrogen-bond acceptors (Lipinski definition) is 5. The van der Waals surface area contributed by atoms with E-state index >= 15 is 0 Å². The predicted octanol–water partition coefficient (Wildman–Crippen LogP) is 4.25. The van der Waals surface area contributed by atoms with Gasteiger partial charge in [0.25, 0.3) is 11.1 Å². The zero-order chi connectivity index (χ0) is 17.8. The number of imide groups is 1. The smallest absolute Gasteiger partial charge is 0.290 e. The Balaban J connectivity index is 1.80. The zero-order valence-corrected chi connectivity index (χ0v) is 14.8. The Morgan fingerprint density at radius 1 is 1.12 bits per heavy atom. The number of amides is 2. The molecule has 0 radical (unpaired) electrons. The Labute approximate surface area is 154 Å². The molecule has 1 aliphatic rings. The van der Waals surface area contributed by atoms with Gasteiger partial charge in [-0.25, -0.2) is 0 Å². The Morgan fingerprint density at radius 2 is 1.88 bits per heavy atom. The highest BCUT2D eigenvalue weighted by Crippen LogP contribution is 2.32. The second kappa shape index (κ2) is 7.63.